The molecule has 2 fully saturated rings. The van der Waals surface area contributed by atoms with Gasteiger partial charge in [-0.2, -0.15) is 0 Å². The molecule has 0 spiro atoms. The number of ether oxygens (including phenoxy) is 1. The van der Waals surface area contributed by atoms with Gasteiger partial charge in [-0.25, -0.2) is 0 Å². The van der Waals surface area contributed by atoms with Crippen molar-refractivity contribution in [1.82, 2.24) is 15.5 Å². The van der Waals surface area contributed by atoms with Gasteiger partial charge in [0.25, 0.3) is 5.91 Å². The zero-order chi connectivity index (χ0) is 20.1. The van der Waals surface area contributed by atoms with Crippen LogP contribution < -0.4 is 15.4 Å². The number of halogens is 1. The molecule has 2 N–H and O–H groups in total. The van der Waals surface area contributed by atoms with E-state index in [9.17, 15) is 9.59 Å². The molecule has 2 heterocycles. The Hall–Kier alpha value is -1.79. The summed E-state index contributed by atoms with van der Waals surface area (Å²) in [4.78, 5) is 26.7. The van der Waals surface area contributed by atoms with Crippen molar-refractivity contribution in [1.29, 1.82) is 0 Å². The Labute approximate surface area is 180 Å². The monoisotopic (exact) mass is 423 g/mol. The molecule has 6 nitrogen and oxygen atoms in total. The van der Waals surface area contributed by atoms with Crippen LogP contribution in [0.4, 0.5) is 0 Å². The topological polar surface area (TPSA) is 70.7 Å². The van der Waals surface area contributed by atoms with Gasteiger partial charge >= 0.3 is 0 Å². The fraction of sp³-hybridized carbons (Fsp3) is 0.636. The summed E-state index contributed by atoms with van der Waals surface area (Å²) in [6, 6.07) is 4.10. The summed E-state index contributed by atoms with van der Waals surface area (Å²) >= 11 is 0. The van der Waals surface area contributed by atoms with Crippen LogP contribution >= 0.6 is 12.4 Å². The Morgan fingerprint density at radius 3 is 2.55 bits per heavy atom. The van der Waals surface area contributed by atoms with Crippen LogP contribution in [0, 0.1) is 26.7 Å². The van der Waals surface area contributed by atoms with E-state index in [1.54, 1.807) is 0 Å². The SMILES string of the molecule is Cc1cc(C)c(OCC(=O)N2CCCC(CNC(=O)C3CCCN3)C2)c(C)c1.Cl. The van der Waals surface area contributed by atoms with Crippen molar-refractivity contribution in [2.45, 2.75) is 52.5 Å². The van der Waals surface area contributed by atoms with E-state index in [4.69, 9.17) is 4.74 Å². The first-order chi connectivity index (χ1) is 13.4. The molecule has 0 bridgehead atoms. The standard InChI is InChI=1S/C22H33N3O3.ClH/c1-15-10-16(2)21(17(3)11-15)28-14-20(26)25-9-5-6-18(13-25)12-24-22(27)19-7-4-8-23-19;/h10-11,18-19,23H,4-9,12-14H2,1-3H3,(H,24,27);1H. The third kappa shape index (κ3) is 6.34. The number of benzene rings is 1. The second kappa shape index (κ2) is 10.8. The summed E-state index contributed by atoms with van der Waals surface area (Å²) < 4.78 is 5.87. The number of carbonyl (C=O) groups is 2. The molecule has 1 aromatic carbocycles. The van der Waals surface area contributed by atoms with Crippen LogP contribution in [-0.2, 0) is 9.59 Å². The average Bonchev–Trinajstić information content (AvgIpc) is 3.20. The highest BCUT2D eigenvalue weighted by Gasteiger charge is 2.26. The van der Waals surface area contributed by atoms with Crippen molar-refractivity contribution in [3.8, 4) is 5.75 Å². The minimum absolute atomic E-state index is 0. The van der Waals surface area contributed by atoms with Gasteiger partial charge in [0, 0.05) is 19.6 Å². The van der Waals surface area contributed by atoms with E-state index in [0.29, 0.717) is 19.0 Å². The summed E-state index contributed by atoms with van der Waals surface area (Å²) in [6.07, 6.45) is 3.98. The van der Waals surface area contributed by atoms with Crippen LogP contribution in [0.1, 0.15) is 42.4 Å². The van der Waals surface area contributed by atoms with E-state index in [-0.39, 0.29) is 36.9 Å². The van der Waals surface area contributed by atoms with E-state index in [1.165, 1.54) is 5.56 Å². The van der Waals surface area contributed by atoms with Gasteiger partial charge in [0.1, 0.15) is 5.75 Å². The summed E-state index contributed by atoms with van der Waals surface area (Å²) in [6.45, 7) is 9.16. The van der Waals surface area contributed by atoms with E-state index in [0.717, 1.165) is 55.6 Å². The number of hydrogen-bond donors (Lipinski definition) is 2. The first-order valence-corrected chi connectivity index (χ1v) is 10.4. The first kappa shape index (κ1) is 23.5. The average molecular weight is 424 g/mol. The molecular weight excluding hydrogens is 390 g/mol. The molecule has 7 heteroatoms. The quantitative estimate of drug-likeness (QED) is 0.737. The van der Waals surface area contributed by atoms with Gasteiger partial charge in [-0.15, -0.1) is 12.4 Å². The third-order valence-electron chi connectivity index (χ3n) is 5.76. The highest BCUT2D eigenvalue weighted by molar-refractivity contribution is 5.85. The van der Waals surface area contributed by atoms with Gasteiger partial charge in [-0.1, -0.05) is 17.7 Å². The van der Waals surface area contributed by atoms with Crippen LogP contribution in [-0.4, -0.2) is 55.5 Å². The smallest absolute Gasteiger partial charge is 0.260 e. The summed E-state index contributed by atoms with van der Waals surface area (Å²) in [5.41, 5.74) is 3.32. The molecule has 2 atom stereocenters. The lowest BCUT2D eigenvalue weighted by atomic mass is 9.97. The van der Waals surface area contributed by atoms with Crippen LogP contribution in [0.5, 0.6) is 5.75 Å². The Morgan fingerprint density at radius 2 is 1.90 bits per heavy atom. The van der Waals surface area contributed by atoms with Crippen LogP contribution in [0.15, 0.2) is 12.1 Å². The number of nitrogens with zero attached hydrogens (tertiary/aromatic N) is 1. The van der Waals surface area contributed by atoms with Crippen molar-refractivity contribution < 1.29 is 14.3 Å². The van der Waals surface area contributed by atoms with Crippen LogP contribution in [0.3, 0.4) is 0 Å². The summed E-state index contributed by atoms with van der Waals surface area (Å²) in [5, 5.41) is 6.28. The normalized spacial score (nSPS) is 21.4. The maximum absolute atomic E-state index is 12.7. The fourth-order valence-corrected chi connectivity index (χ4v) is 4.35. The number of amides is 2. The summed E-state index contributed by atoms with van der Waals surface area (Å²) in [5.74, 6) is 1.23. The highest BCUT2D eigenvalue weighted by atomic mass is 35.5. The first-order valence-electron chi connectivity index (χ1n) is 10.4. The molecule has 2 aliphatic rings. The summed E-state index contributed by atoms with van der Waals surface area (Å²) in [7, 11) is 0. The number of rotatable bonds is 6. The predicted octanol–water partition coefficient (Wildman–Crippen LogP) is 2.52. The number of carbonyl (C=O) groups excluding carboxylic acids is 2. The van der Waals surface area contributed by atoms with Gasteiger partial charge in [-0.05, 0) is 70.0 Å². The molecule has 162 valence electrons. The molecule has 2 unspecified atom stereocenters. The Bertz CT molecular complexity index is 696. The lowest BCUT2D eigenvalue weighted by Crippen LogP contribution is -2.47. The van der Waals surface area contributed by atoms with Gasteiger partial charge in [0.2, 0.25) is 5.91 Å². The number of aryl methyl sites for hydroxylation is 3. The van der Waals surface area contributed by atoms with Crippen molar-refractivity contribution in [2.75, 3.05) is 32.8 Å². The second-order valence-corrected chi connectivity index (χ2v) is 8.26. The number of piperidine rings is 1. The lowest BCUT2D eigenvalue weighted by Gasteiger charge is -2.33. The lowest BCUT2D eigenvalue weighted by molar-refractivity contribution is -0.135. The van der Waals surface area contributed by atoms with Crippen LogP contribution in [0.2, 0.25) is 0 Å². The zero-order valence-corrected chi connectivity index (χ0v) is 18.6. The molecule has 0 saturated carbocycles. The van der Waals surface area contributed by atoms with Gasteiger partial charge in [0.15, 0.2) is 6.61 Å². The molecule has 2 saturated heterocycles. The highest BCUT2D eigenvalue weighted by Crippen LogP contribution is 2.25. The number of nitrogens with one attached hydrogen (secondary N) is 2. The minimum atomic E-state index is -0.0456. The van der Waals surface area contributed by atoms with Gasteiger partial charge in [-0.3, -0.25) is 9.59 Å². The van der Waals surface area contributed by atoms with Crippen LogP contribution in [0.25, 0.3) is 0 Å². The minimum Gasteiger partial charge on any atom is -0.483 e. The molecule has 0 radical (unpaired) electrons. The van der Waals surface area contributed by atoms with Crippen molar-refractivity contribution in [3.05, 3.63) is 28.8 Å². The van der Waals surface area contributed by atoms with E-state index < -0.39 is 0 Å². The Kier molecular flexibility index (Phi) is 8.78. The van der Waals surface area contributed by atoms with Crippen molar-refractivity contribution in [3.63, 3.8) is 0 Å². The fourth-order valence-electron chi connectivity index (χ4n) is 4.35. The Morgan fingerprint density at radius 1 is 1.17 bits per heavy atom. The van der Waals surface area contributed by atoms with Gasteiger partial charge < -0.3 is 20.3 Å². The largest absolute Gasteiger partial charge is 0.483 e. The maximum Gasteiger partial charge on any atom is 0.260 e. The molecule has 1 aromatic rings. The molecule has 2 amide bonds. The van der Waals surface area contributed by atoms with Gasteiger partial charge in [0.05, 0.1) is 6.04 Å². The Balaban J connectivity index is 0.00000300. The molecule has 3 rings (SSSR count). The van der Waals surface area contributed by atoms with E-state index in [2.05, 4.69) is 29.7 Å². The number of hydrogen-bond acceptors (Lipinski definition) is 4. The third-order valence-corrected chi connectivity index (χ3v) is 5.76. The molecular formula is C22H34ClN3O3. The molecule has 2 aliphatic heterocycles. The number of likely N-dealkylation sites (tertiary alicyclic amines) is 1. The van der Waals surface area contributed by atoms with E-state index >= 15 is 0 Å². The molecule has 0 aromatic heterocycles. The van der Waals surface area contributed by atoms with Crippen molar-refractivity contribution in [2.24, 2.45) is 5.92 Å². The second-order valence-electron chi connectivity index (χ2n) is 8.26. The van der Waals surface area contributed by atoms with Crippen molar-refractivity contribution >= 4 is 24.2 Å². The predicted molar refractivity (Wildman–Crippen MR) is 117 cm³/mol. The molecule has 0 aliphatic carbocycles. The van der Waals surface area contributed by atoms with E-state index in [1.807, 2.05) is 18.7 Å². The molecule has 29 heavy (non-hydrogen) atoms. The maximum atomic E-state index is 12.7. The zero-order valence-electron chi connectivity index (χ0n) is 17.8.